The minimum Gasteiger partial charge on any atom is -0.451 e. The Hall–Kier alpha value is -2.67. The molecular formula is C21H26N2O4S. The number of hydrogen-bond donors (Lipinski definition) is 1. The van der Waals surface area contributed by atoms with Crippen LogP contribution in [0.1, 0.15) is 41.1 Å². The lowest BCUT2D eigenvalue weighted by molar-refractivity contribution is -0.139. The third-order valence-electron chi connectivity index (χ3n) is 4.68. The molecule has 7 heteroatoms. The van der Waals surface area contributed by atoms with E-state index in [4.69, 9.17) is 4.74 Å². The second-order valence-corrected chi connectivity index (χ2v) is 7.58. The van der Waals surface area contributed by atoms with Crippen LogP contribution in [0.4, 0.5) is 5.69 Å². The summed E-state index contributed by atoms with van der Waals surface area (Å²) in [6.07, 6.45) is 0.682. The monoisotopic (exact) mass is 402 g/mol. The van der Waals surface area contributed by atoms with Gasteiger partial charge in [-0.1, -0.05) is 25.1 Å². The number of rotatable bonds is 8. The van der Waals surface area contributed by atoms with E-state index in [2.05, 4.69) is 5.32 Å². The van der Waals surface area contributed by atoms with E-state index in [-0.39, 0.29) is 18.5 Å². The summed E-state index contributed by atoms with van der Waals surface area (Å²) in [7, 11) is 0. The Balaban J connectivity index is 1.99. The van der Waals surface area contributed by atoms with Gasteiger partial charge in [0.25, 0.3) is 5.91 Å². The van der Waals surface area contributed by atoms with Crippen molar-refractivity contribution >= 4 is 34.8 Å². The number of thiophene rings is 1. The molecule has 0 saturated carbocycles. The molecule has 0 aliphatic rings. The Labute approximate surface area is 169 Å². The molecule has 0 radical (unpaired) electrons. The second-order valence-electron chi connectivity index (χ2n) is 6.63. The molecule has 28 heavy (non-hydrogen) atoms. The molecule has 0 bridgehead atoms. The van der Waals surface area contributed by atoms with Crippen LogP contribution in [0.3, 0.4) is 0 Å². The summed E-state index contributed by atoms with van der Waals surface area (Å²) in [6, 6.07) is 8.91. The van der Waals surface area contributed by atoms with Gasteiger partial charge in [0.1, 0.15) is 11.4 Å². The number of hydrogen-bond acceptors (Lipinski definition) is 5. The molecule has 2 rings (SSSR count). The lowest BCUT2D eigenvalue weighted by Crippen LogP contribution is -2.45. The summed E-state index contributed by atoms with van der Waals surface area (Å²) >= 11 is 1.25. The van der Waals surface area contributed by atoms with Gasteiger partial charge in [0.2, 0.25) is 5.91 Å². The van der Waals surface area contributed by atoms with Crippen molar-refractivity contribution in [2.24, 2.45) is 0 Å². The van der Waals surface area contributed by atoms with Crippen molar-refractivity contribution in [3.8, 4) is 0 Å². The maximum Gasteiger partial charge on any atom is 0.348 e. The Kier molecular flexibility index (Phi) is 7.75. The highest BCUT2D eigenvalue weighted by molar-refractivity contribution is 7.11. The lowest BCUT2D eigenvalue weighted by Gasteiger charge is -2.28. The molecule has 1 aromatic heterocycles. The molecule has 0 saturated heterocycles. The number of nitrogens with one attached hydrogen (secondary N) is 1. The first-order chi connectivity index (χ1) is 13.3. The summed E-state index contributed by atoms with van der Waals surface area (Å²) in [6.45, 7) is 7.22. The molecule has 1 atom stereocenters. The average Bonchev–Trinajstić information content (AvgIpc) is 3.22. The number of carbonyl (C=O) groups excluding carboxylic acids is 3. The fourth-order valence-corrected chi connectivity index (χ4v) is 3.23. The van der Waals surface area contributed by atoms with Gasteiger partial charge in [0.15, 0.2) is 6.61 Å². The highest BCUT2D eigenvalue weighted by Crippen LogP contribution is 2.18. The molecular weight excluding hydrogens is 376 g/mol. The van der Waals surface area contributed by atoms with Crippen molar-refractivity contribution in [1.82, 2.24) is 4.90 Å². The van der Waals surface area contributed by atoms with Gasteiger partial charge < -0.3 is 15.0 Å². The zero-order chi connectivity index (χ0) is 20.7. The normalized spacial score (nSPS) is 11.6. The Morgan fingerprint density at radius 3 is 2.57 bits per heavy atom. The van der Waals surface area contributed by atoms with Crippen LogP contribution in [0, 0.1) is 13.8 Å². The Bertz CT molecular complexity index is 833. The summed E-state index contributed by atoms with van der Waals surface area (Å²) in [5, 5.41) is 4.63. The first-order valence-corrected chi connectivity index (χ1v) is 10.1. The van der Waals surface area contributed by atoms with Gasteiger partial charge in [0.05, 0.1) is 0 Å². The number of amides is 2. The fourth-order valence-electron chi connectivity index (χ4n) is 2.62. The van der Waals surface area contributed by atoms with E-state index in [9.17, 15) is 14.4 Å². The lowest BCUT2D eigenvalue weighted by atomic mass is 10.1. The van der Waals surface area contributed by atoms with Gasteiger partial charge in [-0.3, -0.25) is 9.59 Å². The standard InChI is InChI=1S/C21H26N2O4S/c1-5-15(3)23(20(25)13-27-21(26)18-10-7-11-28-18)12-19(24)22-17-9-6-8-14(2)16(17)4/h6-11,15H,5,12-13H2,1-4H3,(H,22,24)/t15-/m1/s1. The number of anilines is 1. The molecule has 0 aliphatic heterocycles. The van der Waals surface area contributed by atoms with E-state index in [1.807, 2.05) is 45.9 Å². The molecule has 0 unspecified atom stereocenters. The predicted octanol–water partition coefficient (Wildman–Crippen LogP) is 3.79. The quantitative estimate of drug-likeness (QED) is 0.682. The summed E-state index contributed by atoms with van der Waals surface area (Å²) < 4.78 is 5.11. The molecule has 1 aromatic carbocycles. The summed E-state index contributed by atoms with van der Waals surface area (Å²) in [4.78, 5) is 39.0. The average molecular weight is 403 g/mol. The van der Waals surface area contributed by atoms with Gasteiger partial charge in [0, 0.05) is 11.7 Å². The molecule has 1 N–H and O–H groups in total. The van der Waals surface area contributed by atoms with Crippen LogP contribution in [-0.4, -0.2) is 41.9 Å². The van der Waals surface area contributed by atoms with Crippen LogP contribution >= 0.6 is 11.3 Å². The number of esters is 1. The van der Waals surface area contributed by atoms with Crippen molar-refractivity contribution < 1.29 is 19.1 Å². The molecule has 1 heterocycles. The zero-order valence-corrected chi connectivity index (χ0v) is 17.5. The molecule has 6 nitrogen and oxygen atoms in total. The molecule has 150 valence electrons. The minimum absolute atomic E-state index is 0.0994. The number of ether oxygens (including phenoxy) is 1. The first kappa shape index (κ1) is 21.6. The van der Waals surface area contributed by atoms with Gasteiger partial charge in [-0.05, 0) is 55.8 Å². The van der Waals surface area contributed by atoms with Crippen LogP contribution in [0.5, 0.6) is 0 Å². The van der Waals surface area contributed by atoms with Crippen LogP contribution in [0.25, 0.3) is 0 Å². The molecule has 0 aliphatic carbocycles. The second kappa shape index (κ2) is 10.0. The van der Waals surface area contributed by atoms with Crippen molar-refractivity contribution in [1.29, 1.82) is 0 Å². The van der Waals surface area contributed by atoms with Gasteiger partial charge in [-0.15, -0.1) is 11.3 Å². The van der Waals surface area contributed by atoms with Gasteiger partial charge >= 0.3 is 5.97 Å². The van der Waals surface area contributed by atoms with Crippen LogP contribution in [-0.2, 0) is 14.3 Å². The van der Waals surface area contributed by atoms with Crippen molar-refractivity contribution in [2.75, 3.05) is 18.5 Å². The number of carbonyl (C=O) groups is 3. The topological polar surface area (TPSA) is 75.7 Å². The van der Waals surface area contributed by atoms with E-state index in [1.165, 1.54) is 16.2 Å². The predicted molar refractivity (Wildman–Crippen MR) is 111 cm³/mol. The van der Waals surface area contributed by atoms with E-state index in [0.717, 1.165) is 16.8 Å². The van der Waals surface area contributed by atoms with E-state index < -0.39 is 18.5 Å². The van der Waals surface area contributed by atoms with E-state index >= 15 is 0 Å². The third-order valence-corrected chi connectivity index (χ3v) is 5.53. The van der Waals surface area contributed by atoms with Crippen LogP contribution < -0.4 is 5.32 Å². The SMILES string of the molecule is CC[C@@H](C)N(CC(=O)Nc1cccc(C)c1C)C(=O)COC(=O)c1cccs1. The molecule has 0 spiro atoms. The minimum atomic E-state index is -0.535. The molecule has 0 fully saturated rings. The van der Waals surface area contributed by atoms with Crippen molar-refractivity contribution in [3.63, 3.8) is 0 Å². The zero-order valence-electron chi connectivity index (χ0n) is 16.7. The number of nitrogens with zero attached hydrogens (tertiary/aromatic N) is 1. The van der Waals surface area contributed by atoms with Crippen molar-refractivity contribution in [3.05, 3.63) is 51.7 Å². The van der Waals surface area contributed by atoms with Crippen LogP contribution in [0.15, 0.2) is 35.7 Å². The number of benzene rings is 1. The molecule has 2 aromatic rings. The smallest absolute Gasteiger partial charge is 0.348 e. The maximum atomic E-state index is 12.6. The first-order valence-electron chi connectivity index (χ1n) is 9.19. The fraction of sp³-hybridized carbons (Fsp3) is 0.381. The van der Waals surface area contributed by atoms with E-state index in [1.54, 1.807) is 17.5 Å². The third kappa shape index (κ3) is 5.66. The Morgan fingerprint density at radius 2 is 1.93 bits per heavy atom. The maximum absolute atomic E-state index is 12.6. The van der Waals surface area contributed by atoms with Crippen molar-refractivity contribution in [2.45, 2.75) is 40.2 Å². The Morgan fingerprint density at radius 1 is 1.18 bits per heavy atom. The van der Waals surface area contributed by atoms with E-state index in [0.29, 0.717) is 11.3 Å². The van der Waals surface area contributed by atoms with Crippen LogP contribution in [0.2, 0.25) is 0 Å². The summed E-state index contributed by atoms with van der Waals surface area (Å²) in [5.74, 6) is -1.21. The largest absolute Gasteiger partial charge is 0.451 e. The highest BCUT2D eigenvalue weighted by Gasteiger charge is 2.23. The van der Waals surface area contributed by atoms with Gasteiger partial charge in [-0.25, -0.2) is 4.79 Å². The molecule has 2 amide bonds. The van der Waals surface area contributed by atoms with Gasteiger partial charge in [-0.2, -0.15) is 0 Å². The number of aryl methyl sites for hydroxylation is 1. The highest BCUT2D eigenvalue weighted by atomic mass is 32.1. The summed E-state index contributed by atoms with van der Waals surface area (Å²) in [5.41, 5.74) is 2.79.